The summed E-state index contributed by atoms with van der Waals surface area (Å²) < 4.78 is 32.2. The van der Waals surface area contributed by atoms with Crippen molar-refractivity contribution in [1.29, 1.82) is 0 Å². The van der Waals surface area contributed by atoms with E-state index in [9.17, 15) is 27.4 Å². The van der Waals surface area contributed by atoms with Crippen LogP contribution in [-0.4, -0.2) is 41.1 Å². The van der Waals surface area contributed by atoms with Crippen molar-refractivity contribution in [3.63, 3.8) is 0 Å². The first-order chi connectivity index (χ1) is 7.94. The molecule has 0 aromatic heterocycles. The van der Waals surface area contributed by atoms with Gasteiger partial charge in [0.25, 0.3) is 11.8 Å². The third kappa shape index (κ3) is 4.25. The molecule has 0 aliphatic carbocycles. The summed E-state index contributed by atoms with van der Waals surface area (Å²) in [5, 5.41) is -1.97. The van der Waals surface area contributed by atoms with E-state index in [-0.39, 0.29) is 34.6 Å². The maximum atomic E-state index is 11.5. The van der Waals surface area contributed by atoms with E-state index in [1.165, 1.54) is 20.8 Å². The van der Waals surface area contributed by atoms with E-state index in [2.05, 4.69) is 4.84 Å². The maximum Gasteiger partial charge on any atom is 1.00 e. The van der Waals surface area contributed by atoms with Crippen LogP contribution in [0.3, 0.4) is 0 Å². The summed E-state index contributed by atoms with van der Waals surface area (Å²) in [6, 6.07) is 0. The van der Waals surface area contributed by atoms with Gasteiger partial charge in [0.15, 0.2) is 0 Å². The number of hydrogen-bond acceptors (Lipinski definition) is 7. The Morgan fingerprint density at radius 2 is 1.84 bits per heavy atom. The fourth-order valence-electron chi connectivity index (χ4n) is 1.12. The number of rotatable bonds is 2. The summed E-state index contributed by atoms with van der Waals surface area (Å²) in [5.74, 6) is -3.23. The molecule has 0 aromatic rings. The Morgan fingerprint density at radius 1 is 1.37 bits per heavy atom. The molecular weight excluding hydrogens is 289 g/mol. The Labute approximate surface area is 132 Å². The molecule has 0 aromatic carbocycles. The summed E-state index contributed by atoms with van der Waals surface area (Å²) in [5.41, 5.74) is -0.977. The summed E-state index contributed by atoms with van der Waals surface area (Å²) >= 11 is 0. The molecule has 1 atom stereocenters. The standard InChI is InChI=1S/C9H13NO7S.Na/c1-9(2,3)8(13)17-10-6(11)4-5(7(10)12)18(14,15)16;/h5H,4H2,1-3H3,(H,14,15,16);/q;+1/p-1. The van der Waals surface area contributed by atoms with Crippen LogP contribution in [0.4, 0.5) is 0 Å². The molecule has 1 rings (SSSR count). The van der Waals surface area contributed by atoms with Crippen LogP contribution < -0.4 is 29.6 Å². The van der Waals surface area contributed by atoms with Crippen LogP contribution in [0.15, 0.2) is 0 Å². The van der Waals surface area contributed by atoms with Crippen molar-refractivity contribution >= 4 is 27.9 Å². The first-order valence-electron chi connectivity index (χ1n) is 4.98. The van der Waals surface area contributed by atoms with Gasteiger partial charge in [-0.2, -0.15) is 0 Å². The number of hydroxylamine groups is 2. The zero-order valence-corrected chi connectivity index (χ0v) is 13.8. The molecule has 102 valence electrons. The first kappa shape index (κ1) is 18.5. The average Bonchev–Trinajstić information content (AvgIpc) is 2.43. The fourth-order valence-corrected chi connectivity index (χ4v) is 1.81. The van der Waals surface area contributed by atoms with Crippen LogP contribution in [0.2, 0.25) is 0 Å². The number of carbonyl (C=O) groups excluding carboxylic acids is 3. The molecule has 8 nitrogen and oxygen atoms in total. The van der Waals surface area contributed by atoms with Crippen LogP contribution in [-0.2, 0) is 29.3 Å². The molecule has 0 bridgehead atoms. The summed E-state index contributed by atoms with van der Waals surface area (Å²) in [7, 11) is -4.94. The summed E-state index contributed by atoms with van der Waals surface area (Å²) in [4.78, 5) is 38.8. The minimum absolute atomic E-state index is 0. The minimum atomic E-state index is -4.94. The normalized spacial score (nSPS) is 20.2. The van der Waals surface area contributed by atoms with Crippen molar-refractivity contribution in [2.24, 2.45) is 5.41 Å². The zero-order valence-electron chi connectivity index (χ0n) is 11.0. The molecule has 19 heavy (non-hydrogen) atoms. The Kier molecular flexibility index (Phi) is 5.73. The Bertz CT molecular complexity index is 507. The number of nitrogens with zero attached hydrogens (tertiary/aromatic N) is 1. The molecule has 2 amide bonds. The Morgan fingerprint density at radius 3 is 2.16 bits per heavy atom. The van der Waals surface area contributed by atoms with Crippen molar-refractivity contribution in [1.82, 2.24) is 5.06 Å². The van der Waals surface area contributed by atoms with E-state index < -0.39 is 45.0 Å². The van der Waals surface area contributed by atoms with Gasteiger partial charge in [-0.25, -0.2) is 13.2 Å². The Balaban J connectivity index is 0.00000324. The van der Waals surface area contributed by atoms with E-state index in [0.717, 1.165) is 0 Å². The average molecular weight is 301 g/mol. The topological polar surface area (TPSA) is 121 Å². The van der Waals surface area contributed by atoms with E-state index in [1.54, 1.807) is 0 Å². The second kappa shape index (κ2) is 5.88. The molecule has 1 aliphatic heterocycles. The van der Waals surface area contributed by atoms with Gasteiger partial charge in [-0.3, -0.25) is 9.59 Å². The second-order valence-corrected chi connectivity index (χ2v) is 6.40. The van der Waals surface area contributed by atoms with Gasteiger partial charge in [-0.05, 0) is 20.8 Å². The number of hydrogen-bond donors (Lipinski definition) is 0. The molecule has 0 N–H and O–H groups in total. The number of amides is 2. The van der Waals surface area contributed by atoms with Gasteiger partial charge < -0.3 is 9.39 Å². The quantitative estimate of drug-likeness (QED) is 0.291. The van der Waals surface area contributed by atoms with Gasteiger partial charge in [0, 0.05) is 0 Å². The van der Waals surface area contributed by atoms with Crippen molar-refractivity contribution < 1.29 is 61.7 Å². The smallest absolute Gasteiger partial charge is 0.747 e. The summed E-state index contributed by atoms with van der Waals surface area (Å²) in [6.07, 6.45) is -0.803. The zero-order chi connectivity index (χ0) is 14.3. The molecule has 1 aliphatic rings. The van der Waals surface area contributed by atoms with E-state index >= 15 is 0 Å². The molecule has 1 fully saturated rings. The monoisotopic (exact) mass is 301 g/mol. The Hall–Kier alpha value is -0.480. The van der Waals surface area contributed by atoms with Crippen LogP contribution in [0, 0.1) is 5.41 Å². The molecule has 0 spiro atoms. The SMILES string of the molecule is CC(C)(C)C(=O)ON1C(=O)CC(S(=O)(=O)[O-])C1=O.[Na+]. The van der Waals surface area contributed by atoms with Crippen molar-refractivity contribution in [3.8, 4) is 0 Å². The van der Waals surface area contributed by atoms with E-state index in [4.69, 9.17) is 0 Å². The van der Waals surface area contributed by atoms with Gasteiger partial charge in [0.2, 0.25) is 0 Å². The van der Waals surface area contributed by atoms with Gasteiger partial charge in [0.05, 0.1) is 11.8 Å². The molecule has 1 unspecified atom stereocenters. The van der Waals surface area contributed by atoms with Crippen LogP contribution in [0.5, 0.6) is 0 Å². The fraction of sp³-hybridized carbons (Fsp3) is 0.667. The minimum Gasteiger partial charge on any atom is -0.747 e. The molecular formula is C9H12NNaO7S. The predicted octanol–water partition coefficient (Wildman–Crippen LogP) is -3.83. The van der Waals surface area contributed by atoms with Crippen LogP contribution >= 0.6 is 0 Å². The van der Waals surface area contributed by atoms with Crippen LogP contribution in [0.1, 0.15) is 27.2 Å². The molecule has 10 heteroatoms. The van der Waals surface area contributed by atoms with E-state index in [1.807, 2.05) is 0 Å². The second-order valence-electron chi connectivity index (χ2n) is 4.84. The van der Waals surface area contributed by atoms with Gasteiger partial charge in [-0.1, -0.05) is 0 Å². The van der Waals surface area contributed by atoms with Gasteiger partial charge in [-0.15, -0.1) is 5.06 Å². The number of carbonyl (C=O) groups is 3. The van der Waals surface area contributed by atoms with Gasteiger partial charge in [0.1, 0.15) is 15.4 Å². The van der Waals surface area contributed by atoms with Gasteiger partial charge >= 0.3 is 35.5 Å². The van der Waals surface area contributed by atoms with Crippen LogP contribution in [0.25, 0.3) is 0 Å². The maximum absolute atomic E-state index is 11.5. The third-order valence-corrected chi connectivity index (χ3v) is 3.26. The first-order valence-corrected chi connectivity index (χ1v) is 6.45. The summed E-state index contributed by atoms with van der Waals surface area (Å²) in [6.45, 7) is 4.46. The van der Waals surface area contributed by atoms with Crippen molar-refractivity contribution in [2.45, 2.75) is 32.4 Å². The van der Waals surface area contributed by atoms with Crippen molar-refractivity contribution in [3.05, 3.63) is 0 Å². The molecule has 0 saturated carbocycles. The molecule has 0 radical (unpaired) electrons. The third-order valence-electron chi connectivity index (χ3n) is 2.20. The number of imide groups is 1. The molecule has 1 saturated heterocycles. The van der Waals surface area contributed by atoms with Crippen molar-refractivity contribution in [2.75, 3.05) is 0 Å². The molecule has 1 heterocycles. The van der Waals surface area contributed by atoms with E-state index in [0.29, 0.717) is 0 Å². The largest absolute Gasteiger partial charge is 1.00 e. The predicted molar refractivity (Wildman–Crippen MR) is 55.5 cm³/mol.